The molecule has 2 amide bonds. The van der Waals surface area contributed by atoms with Crippen LogP contribution in [0.15, 0.2) is 42.6 Å². The molecule has 7 heteroatoms. The normalized spacial score (nSPS) is 25.0. The number of fused-ring (bicyclic) bond motifs is 2. The summed E-state index contributed by atoms with van der Waals surface area (Å²) in [5.41, 5.74) is 0.758. The van der Waals surface area contributed by atoms with Gasteiger partial charge in [-0.2, -0.15) is 5.10 Å². The minimum atomic E-state index is -0.736. The number of anilines is 1. The number of rotatable bonds is 6. The van der Waals surface area contributed by atoms with Crippen molar-refractivity contribution in [2.24, 2.45) is 5.92 Å². The Bertz CT molecular complexity index is 765. The first kappa shape index (κ1) is 17.7. The zero-order chi connectivity index (χ0) is 18.6. The van der Waals surface area contributed by atoms with Gasteiger partial charge in [-0.25, -0.2) is 0 Å². The molecule has 2 fully saturated rings. The van der Waals surface area contributed by atoms with Gasteiger partial charge in [-0.15, -0.1) is 0 Å². The van der Waals surface area contributed by atoms with Gasteiger partial charge in [-0.05, 0) is 37.2 Å². The summed E-state index contributed by atoms with van der Waals surface area (Å²) in [5.74, 6) is 0.528. The Morgan fingerprint density at radius 1 is 1.11 bits per heavy atom. The van der Waals surface area contributed by atoms with Crippen LogP contribution in [0.1, 0.15) is 43.7 Å². The molecule has 2 saturated heterocycles. The number of nitrogens with zero attached hydrogens (tertiary/aromatic N) is 1. The molecule has 4 N–H and O–H groups in total. The van der Waals surface area contributed by atoms with Crippen molar-refractivity contribution in [2.45, 2.75) is 50.2 Å². The van der Waals surface area contributed by atoms with Gasteiger partial charge in [0.25, 0.3) is 5.91 Å². The van der Waals surface area contributed by atoms with Crippen LogP contribution in [-0.4, -0.2) is 34.1 Å². The minimum absolute atomic E-state index is 0.0742. The monoisotopic (exact) mass is 367 g/mol. The lowest BCUT2D eigenvalue weighted by atomic mass is 9.89. The van der Waals surface area contributed by atoms with Gasteiger partial charge in [0, 0.05) is 24.6 Å². The zero-order valence-electron chi connectivity index (χ0n) is 15.2. The van der Waals surface area contributed by atoms with Crippen molar-refractivity contribution in [1.82, 2.24) is 20.8 Å². The summed E-state index contributed by atoms with van der Waals surface area (Å²) >= 11 is 0. The van der Waals surface area contributed by atoms with Gasteiger partial charge in [0.15, 0.2) is 0 Å². The van der Waals surface area contributed by atoms with Gasteiger partial charge < -0.3 is 16.0 Å². The van der Waals surface area contributed by atoms with Crippen molar-refractivity contribution in [2.75, 3.05) is 5.32 Å². The molecule has 1 aromatic heterocycles. The number of carbonyl (C=O) groups excluding carboxylic acids is 2. The number of H-pyrrole nitrogens is 1. The molecule has 2 bridgehead atoms. The maximum atomic E-state index is 12.8. The summed E-state index contributed by atoms with van der Waals surface area (Å²) < 4.78 is 0. The number of nitrogens with one attached hydrogen (secondary N) is 4. The smallest absolute Gasteiger partial charge is 0.252 e. The van der Waals surface area contributed by atoms with E-state index in [4.69, 9.17) is 0 Å². The predicted octanol–water partition coefficient (Wildman–Crippen LogP) is 2.13. The number of aromatic amines is 1. The van der Waals surface area contributed by atoms with Gasteiger partial charge in [-0.3, -0.25) is 14.7 Å². The van der Waals surface area contributed by atoms with Crippen LogP contribution in [0.5, 0.6) is 0 Å². The van der Waals surface area contributed by atoms with Crippen LogP contribution in [0, 0.1) is 5.92 Å². The number of carbonyl (C=O) groups is 2. The standard InChI is InChI=1S/C20H25N5O2/c26-18(12-13-10-15-6-7-16(11-13)22-15)24-19(14-4-2-1-3-5-14)20(27)23-17-8-9-21-25-17/h1-5,8-9,13,15-16,19,22H,6-7,10-12H2,(H,24,26)(H2,21,23,25,27). The molecule has 2 aliphatic rings. The number of hydrogen-bond acceptors (Lipinski definition) is 4. The molecule has 7 nitrogen and oxygen atoms in total. The average molecular weight is 367 g/mol. The second kappa shape index (κ2) is 7.92. The lowest BCUT2D eigenvalue weighted by Crippen LogP contribution is -2.41. The maximum Gasteiger partial charge on any atom is 0.252 e. The van der Waals surface area contributed by atoms with Crippen LogP contribution in [0.3, 0.4) is 0 Å². The molecule has 2 aliphatic heterocycles. The summed E-state index contributed by atoms with van der Waals surface area (Å²) in [7, 11) is 0. The van der Waals surface area contributed by atoms with E-state index in [1.807, 2.05) is 30.3 Å². The largest absolute Gasteiger partial charge is 0.341 e. The molecule has 3 unspecified atom stereocenters. The van der Waals surface area contributed by atoms with Gasteiger partial charge in [0.1, 0.15) is 11.9 Å². The molecule has 27 heavy (non-hydrogen) atoms. The Hall–Kier alpha value is -2.67. The molecule has 3 heterocycles. The van der Waals surface area contributed by atoms with Gasteiger partial charge in [-0.1, -0.05) is 30.3 Å². The number of hydrogen-bond donors (Lipinski definition) is 4. The Morgan fingerprint density at radius 3 is 2.52 bits per heavy atom. The first-order valence-corrected chi connectivity index (χ1v) is 9.58. The molecular formula is C20H25N5O2. The van der Waals surface area contributed by atoms with Crippen molar-refractivity contribution >= 4 is 17.6 Å². The minimum Gasteiger partial charge on any atom is -0.341 e. The van der Waals surface area contributed by atoms with Crippen molar-refractivity contribution in [1.29, 1.82) is 0 Å². The third kappa shape index (κ3) is 4.36. The lowest BCUT2D eigenvalue weighted by molar-refractivity contribution is -0.127. The fourth-order valence-electron chi connectivity index (χ4n) is 4.30. The van der Waals surface area contributed by atoms with E-state index >= 15 is 0 Å². The number of benzene rings is 1. The van der Waals surface area contributed by atoms with Crippen LogP contribution in [-0.2, 0) is 9.59 Å². The molecule has 0 aliphatic carbocycles. The SMILES string of the molecule is O=C(CC1CC2CCC(C1)N2)NC(C(=O)Nc1ccn[nH]1)c1ccccc1. The van der Waals surface area contributed by atoms with Gasteiger partial charge in [0.2, 0.25) is 5.91 Å². The summed E-state index contributed by atoms with van der Waals surface area (Å²) in [4.78, 5) is 25.5. The Morgan fingerprint density at radius 2 is 1.85 bits per heavy atom. The third-order valence-electron chi connectivity index (χ3n) is 5.50. The van der Waals surface area contributed by atoms with Crippen molar-refractivity contribution in [3.8, 4) is 0 Å². The van der Waals surface area contributed by atoms with Crippen LogP contribution >= 0.6 is 0 Å². The Kier molecular flexibility index (Phi) is 5.20. The molecule has 1 aromatic carbocycles. The first-order valence-electron chi connectivity index (χ1n) is 9.58. The van der Waals surface area contributed by atoms with E-state index in [1.54, 1.807) is 12.3 Å². The second-order valence-corrected chi connectivity index (χ2v) is 7.55. The zero-order valence-corrected chi connectivity index (χ0v) is 15.2. The van der Waals surface area contributed by atoms with E-state index in [0.717, 1.165) is 18.4 Å². The second-order valence-electron chi connectivity index (χ2n) is 7.55. The third-order valence-corrected chi connectivity index (χ3v) is 5.50. The van der Waals surface area contributed by atoms with Crippen LogP contribution in [0.25, 0.3) is 0 Å². The molecule has 0 radical (unpaired) electrons. The molecule has 142 valence electrons. The predicted molar refractivity (Wildman–Crippen MR) is 102 cm³/mol. The average Bonchev–Trinajstić information content (AvgIpc) is 3.29. The lowest BCUT2D eigenvalue weighted by Gasteiger charge is -2.29. The van der Waals surface area contributed by atoms with Crippen LogP contribution in [0.2, 0.25) is 0 Å². The van der Waals surface area contributed by atoms with E-state index in [-0.39, 0.29) is 11.8 Å². The molecule has 2 aromatic rings. The van der Waals surface area contributed by atoms with E-state index < -0.39 is 6.04 Å². The summed E-state index contributed by atoms with van der Waals surface area (Å²) in [6.07, 6.45) is 6.54. The van der Waals surface area contributed by atoms with Gasteiger partial charge >= 0.3 is 0 Å². The molecular weight excluding hydrogens is 342 g/mol. The highest BCUT2D eigenvalue weighted by atomic mass is 16.2. The molecule has 0 saturated carbocycles. The number of piperidine rings is 1. The molecule has 0 spiro atoms. The maximum absolute atomic E-state index is 12.8. The summed E-state index contributed by atoms with van der Waals surface area (Å²) in [5, 5.41) is 15.8. The highest BCUT2D eigenvalue weighted by molar-refractivity contribution is 5.97. The van der Waals surface area contributed by atoms with Crippen molar-refractivity contribution < 1.29 is 9.59 Å². The fraction of sp³-hybridized carbons (Fsp3) is 0.450. The highest BCUT2D eigenvalue weighted by Gasteiger charge is 2.34. The van der Waals surface area contributed by atoms with E-state index in [1.165, 1.54) is 12.8 Å². The molecule has 3 atom stereocenters. The topological polar surface area (TPSA) is 98.9 Å². The fourth-order valence-corrected chi connectivity index (χ4v) is 4.30. The molecule has 4 rings (SSSR count). The quantitative estimate of drug-likeness (QED) is 0.628. The van der Waals surface area contributed by atoms with Gasteiger partial charge in [0.05, 0.1) is 6.20 Å². The number of amides is 2. The summed E-state index contributed by atoms with van der Waals surface area (Å²) in [6.45, 7) is 0. The Balaban J connectivity index is 1.42. The summed E-state index contributed by atoms with van der Waals surface area (Å²) in [6, 6.07) is 11.4. The van der Waals surface area contributed by atoms with Crippen molar-refractivity contribution in [3.63, 3.8) is 0 Å². The Labute approximate surface area is 158 Å². The first-order chi connectivity index (χ1) is 13.2. The van der Waals surface area contributed by atoms with E-state index in [0.29, 0.717) is 30.2 Å². The van der Waals surface area contributed by atoms with Crippen LogP contribution < -0.4 is 16.0 Å². The van der Waals surface area contributed by atoms with E-state index in [2.05, 4.69) is 26.1 Å². The number of aromatic nitrogens is 2. The van der Waals surface area contributed by atoms with E-state index in [9.17, 15) is 9.59 Å². The highest BCUT2D eigenvalue weighted by Crippen LogP contribution is 2.32. The van der Waals surface area contributed by atoms with Crippen molar-refractivity contribution in [3.05, 3.63) is 48.2 Å². The van der Waals surface area contributed by atoms with Crippen LogP contribution in [0.4, 0.5) is 5.82 Å².